The number of rotatable bonds is 4. The molecule has 1 atom stereocenters. The number of carboxylic acids is 1. The van der Waals surface area contributed by atoms with Crippen molar-refractivity contribution < 1.29 is 9.90 Å². The maximum atomic E-state index is 9.97. The Hall–Kier alpha value is -0.690. The van der Waals surface area contributed by atoms with Crippen molar-refractivity contribution in [2.75, 3.05) is 6.54 Å². The fourth-order valence-corrected chi connectivity index (χ4v) is 0.256. The van der Waals surface area contributed by atoms with Crippen LogP contribution in [0.3, 0.4) is 0 Å². The van der Waals surface area contributed by atoms with Crippen molar-refractivity contribution in [1.29, 1.82) is 0 Å². The molecule has 0 aliphatic rings. The average molecular weight is 134 g/mol. The van der Waals surface area contributed by atoms with Crippen molar-refractivity contribution in [2.45, 2.75) is 6.04 Å². The van der Waals surface area contributed by atoms with Gasteiger partial charge < -0.3 is 10.8 Å². The highest BCUT2D eigenvalue weighted by Gasteiger charge is 2.08. The summed E-state index contributed by atoms with van der Waals surface area (Å²) in [5, 5.41) is 8.18. The quantitative estimate of drug-likeness (QED) is 0.212. The molecule has 0 unspecified atom stereocenters. The SMILES string of the molecule is NNNC[C@H](N)C(=O)O. The standard InChI is InChI=1S/C3H10N4O2/c4-2(3(8)9)1-6-7-5/h2,6-7H,1,4-5H2,(H,8,9)/t2-/m0/s1. The van der Waals surface area contributed by atoms with E-state index in [1.54, 1.807) is 0 Å². The minimum Gasteiger partial charge on any atom is -0.480 e. The Bertz CT molecular complexity index is 95.8. The van der Waals surface area contributed by atoms with Gasteiger partial charge in [0.05, 0.1) is 0 Å². The van der Waals surface area contributed by atoms with Crippen LogP contribution >= 0.6 is 0 Å². The second kappa shape index (κ2) is 4.21. The molecule has 0 aromatic heterocycles. The van der Waals surface area contributed by atoms with E-state index in [4.69, 9.17) is 16.7 Å². The Balaban J connectivity index is 3.27. The van der Waals surface area contributed by atoms with Gasteiger partial charge in [-0.1, -0.05) is 0 Å². The van der Waals surface area contributed by atoms with Gasteiger partial charge in [0, 0.05) is 6.54 Å². The van der Waals surface area contributed by atoms with E-state index in [-0.39, 0.29) is 6.54 Å². The molecule has 0 spiro atoms. The highest BCUT2D eigenvalue weighted by atomic mass is 16.4. The van der Waals surface area contributed by atoms with Gasteiger partial charge in [-0.3, -0.25) is 10.6 Å². The number of nitrogens with two attached hydrogens (primary N) is 2. The second-order valence-electron chi connectivity index (χ2n) is 1.47. The molecule has 0 radical (unpaired) electrons. The predicted molar refractivity (Wildman–Crippen MR) is 30.9 cm³/mol. The van der Waals surface area contributed by atoms with Crippen molar-refractivity contribution in [3.8, 4) is 0 Å². The first-order valence-corrected chi connectivity index (χ1v) is 2.35. The van der Waals surface area contributed by atoms with Crippen LogP contribution in [0, 0.1) is 0 Å². The first kappa shape index (κ1) is 8.31. The van der Waals surface area contributed by atoms with Gasteiger partial charge in [-0.2, -0.15) is 5.53 Å². The van der Waals surface area contributed by atoms with E-state index in [2.05, 4.69) is 11.0 Å². The molecular weight excluding hydrogens is 124 g/mol. The summed E-state index contributed by atoms with van der Waals surface area (Å²) in [6.45, 7) is 0.103. The molecule has 54 valence electrons. The third kappa shape index (κ3) is 3.86. The Labute approximate surface area is 52.1 Å². The summed E-state index contributed by atoms with van der Waals surface area (Å²) in [5.41, 5.74) is 9.46. The second-order valence-corrected chi connectivity index (χ2v) is 1.47. The lowest BCUT2D eigenvalue weighted by Crippen LogP contribution is -2.47. The Kier molecular flexibility index (Phi) is 3.89. The lowest BCUT2D eigenvalue weighted by molar-refractivity contribution is -0.138. The van der Waals surface area contributed by atoms with Crippen molar-refractivity contribution in [3.05, 3.63) is 0 Å². The van der Waals surface area contributed by atoms with Crippen molar-refractivity contribution in [1.82, 2.24) is 11.0 Å². The zero-order valence-electron chi connectivity index (χ0n) is 4.79. The zero-order valence-corrected chi connectivity index (χ0v) is 4.79. The van der Waals surface area contributed by atoms with Gasteiger partial charge in [-0.05, 0) is 0 Å². The maximum Gasteiger partial charge on any atom is 0.321 e. The van der Waals surface area contributed by atoms with E-state index >= 15 is 0 Å². The van der Waals surface area contributed by atoms with Crippen LogP contribution in [0.4, 0.5) is 0 Å². The van der Waals surface area contributed by atoms with Crippen LogP contribution in [-0.4, -0.2) is 23.7 Å². The summed E-state index contributed by atoms with van der Waals surface area (Å²) in [4.78, 5) is 9.97. The molecule has 0 aliphatic heterocycles. The van der Waals surface area contributed by atoms with E-state index in [0.717, 1.165) is 0 Å². The molecule has 0 saturated heterocycles. The average Bonchev–Trinajstić information content (AvgIpc) is 1.82. The van der Waals surface area contributed by atoms with E-state index in [9.17, 15) is 4.79 Å². The van der Waals surface area contributed by atoms with Crippen LogP contribution in [0.5, 0.6) is 0 Å². The predicted octanol–water partition coefficient (Wildman–Crippen LogP) is -2.63. The summed E-state index contributed by atoms with van der Waals surface area (Å²) in [6.07, 6.45) is 0. The van der Waals surface area contributed by atoms with Crippen LogP contribution in [0.25, 0.3) is 0 Å². The Morgan fingerprint density at radius 3 is 2.67 bits per heavy atom. The summed E-state index contributed by atoms with van der Waals surface area (Å²) < 4.78 is 0. The monoisotopic (exact) mass is 134 g/mol. The smallest absolute Gasteiger partial charge is 0.321 e. The highest BCUT2D eigenvalue weighted by molar-refractivity contribution is 5.73. The molecule has 0 fully saturated rings. The largest absolute Gasteiger partial charge is 0.480 e. The third-order valence-electron chi connectivity index (χ3n) is 0.741. The van der Waals surface area contributed by atoms with Gasteiger partial charge in [-0.15, -0.1) is 0 Å². The fourth-order valence-electron chi connectivity index (χ4n) is 0.256. The zero-order chi connectivity index (χ0) is 7.28. The number of hydrogen-bond acceptors (Lipinski definition) is 5. The number of carboxylic acid groups (broad SMARTS) is 1. The first-order chi connectivity index (χ1) is 4.18. The van der Waals surface area contributed by atoms with E-state index < -0.39 is 12.0 Å². The van der Waals surface area contributed by atoms with E-state index in [0.29, 0.717) is 0 Å². The summed E-state index contributed by atoms with van der Waals surface area (Å²) in [6, 6.07) is -0.916. The molecule has 0 saturated carbocycles. The van der Waals surface area contributed by atoms with Crippen molar-refractivity contribution in [3.63, 3.8) is 0 Å². The molecule has 6 nitrogen and oxygen atoms in total. The fraction of sp³-hybridized carbons (Fsp3) is 0.667. The molecule has 0 aromatic carbocycles. The molecule has 0 rings (SSSR count). The van der Waals surface area contributed by atoms with E-state index in [1.165, 1.54) is 0 Å². The Morgan fingerprint density at radius 2 is 2.33 bits per heavy atom. The van der Waals surface area contributed by atoms with Gasteiger partial charge in [-0.25, -0.2) is 5.43 Å². The summed E-state index contributed by atoms with van der Waals surface area (Å²) in [5.74, 6) is 3.71. The highest BCUT2D eigenvalue weighted by Crippen LogP contribution is 1.71. The van der Waals surface area contributed by atoms with Gasteiger partial charge in [0.25, 0.3) is 0 Å². The van der Waals surface area contributed by atoms with Gasteiger partial charge in [0.15, 0.2) is 0 Å². The topological polar surface area (TPSA) is 113 Å². The first-order valence-electron chi connectivity index (χ1n) is 2.35. The molecule has 9 heavy (non-hydrogen) atoms. The number of nitrogens with one attached hydrogen (secondary N) is 2. The summed E-state index contributed by atoms with van der Waals surface area (Å²) in [7, 11) is 0. The minimum absolute atomic E-state index is 0.103. The molecule has 0 amide bonds. The molecule has 0 bridgehead atoms. The molecule has 0 heterocycles. The van der Waals surface area contributed by atoms with Crippen molar-refractivity contribution >= 4 is 5.97 Å². The minimum atomic E-state index is -1.06. The van der Waals surface area contributed by atoms with E-state index in [1.807, 2.05) is 0 Å². The van der Waals surface area contributed by atoms with Crippen LogP contribution in [0.15, 0.2) is 0 Å². The molecule has 7 N–H and O–H groups in total. The molecular formula is C3H10N4O2. The Morgan fingerprint density at radius 1 is 1.78 bits per heavy atom. The number of hydrazine groups is 2. The van der Waals surface area contributed by atoms with Gasteiger partial charge in [0.2, 0.25) is 0 Å². The van der Waals surface area contributed by atoms with Crippen LogP contribution in [-0.2, 0) is 4.79 Å². The lowest BCUT2D eigenvalue weighted by Gasteiger charge is -2.05. The number of hydrogen-bond donors (Lipinski definition) is 5. The normalized spacial score (nSPS) is 13.1. The van der Waals surface area contributed by atoms with Crippen molar-refractivity contribution in [2.24, 2.45) is 11.6 Å². The summed E-state index contributed by atoms with van der Waals surface area (Å²) >= 11 is 0. The lowest BCUT2D eigenvalue weighted by atomic mass is 10.3. The number of carbonyl (C=O) groups is 1. The van der Waals surface area contributed by atoms with Crippen LogP contribution < -0.4 is 22.5 Å². The number of aliphatic carboxylic acids is 1. The van der Waals surface area contributed by atoms with Gasteiger partial charge >= 0.3 is 5.97 Å². The van der Waals surface area contributed by atoms with Crippen LogP contribution in [0.2, 0.25) is 0 Å². The van der Waals surface area contributed by atoms with Crippen LogP contribution in [0.1, 0.15) is 0 Å². The maximum absolute atomic E-state index is 9.97. The van der Waals surface area contributed by atoms with Gasteiger partial charge in [0.1, 0.15) is 6.04 Å². The molecule has 6 heteroatoms. The molecule has 0 aliphatic carbocycles. The molecule has 0 aromatic rings. The third-order valence-corrected chi connectivity index (χ3v) is 0.741.